The van der Waals surface area contributed by atoms with Crippen molar-refractivity contribution in [2.75, 3.05) is 18.5 Å². The number of carbonyl (C=O) groups excluding carboxylic acids is 3. The van der Waals surface area contributed by atoms with E-state index in [-0.39, 0.29) is 43.0 Å². The first-order valence-electron chi connectivity index (χ1n) is 14.2. The van der Waals surface area contributed by atoms with Crippen LogP contribution in [0.4, 0.5) is 5.95 Å². The molecule has 0 spiro atoms. The zero-order valence-electron chi connectivity index (χ0n) is 25.0. The van der Waals surface area contributed by atoms with Gasteiger partial charge in [0.1, 0.15) is 18.9 Å². The van der Waals surface area contributed by atoms with Crippen LogP contribution in [0.3, 0.4) is 0 Å². The lowest BCUT2D eigenvalue weighted by atomic mass is 9.93. The van der Waals surface area contributed by atoms with E-state index in [1.54, 1.807) is 42.7 Å². The quantitative estimate of drug-likeness (QED) is 0.196. The summed E-state index contributed by atoms with van der Waals surface area (Å²) >= 11 is 6.14. The van der Waals surface area contributed by atoms with E-state index >= 15 is 0 Å². The lowest BCUT2D eigenvalue weighted by molar-refractivity contribution is -0.150. The van der Waals surface area contributed by atoms with Crippen LogP contribution in [0.15, 0.2) is 42.7 Å². The van der Waals surface area contributed by atoms with Gasteiger partial charge in [0.25, 0.3) is 5.91 Å². The standard InChI is InChI=1S/C31H40ClN5O5/c1-7-24(16-42-30(40)25(8-2)18(3)4)35-31-34-14-19(5)28(37-31)22-13-26(33-15-22)29(39)36-27(17-41-20(6)38)21-10-9-11-23(32)12-21/h9-15,18,24-25,27,33H,7-8,16-17H2,1-6H3,(H,36,39)(H,34,35,37)/t24-,25?,27-/m1/s1. The minimum absolute atomic E-state index is 0.0422. The molecule has 0 bridgehead atoms. The predicted octanol–water partition coefficient (Wildman–Crippen LogP) is 5.88. The van der Waals surface area contributed by atoms with E-state index < -0.39 is 12.0 Å². The Bertz CT molecular complexity index is 1380. The first-order chi connectivity index (χ1) is 20.0. The van der Waals surface area contributed by atoms with Gasteiger partial charge in [-0.2, -0.15) is 0 Å². The molecule has 0 aliphatic heterocycles. The highest BCUT2D eigenvalue weighted by Gasteiger charge is 2.23. The van der Waals surface area contributed by atoms with E-state index in [4.69, 9.17) is 26.1 Å². The second-order valence-electron chi connectivity index (χ2n) is 10.5. The number of halogens is 1. The van der Waals surface area contributed by atoms with Crippen LogP contribution in [0, 0.1) is 18.8 Å². The Morgan fingerprint density at radius 1 is 1.07 bits per heavy atom. The smallest absolute Gasteiger partial charge is 0.309 e. The average molecular weight is 598 g/mol. The van der Waals surface area contributed by atoms with Gasteiger partial charge < -0.3 is 25.1 Å². The zero-order chi connectivity index (χ0) is 30.8. The first kappa shape index (κ1) is 32.6. The molecule has 3 rings (SSSR count). The van der Waals surface area contributed by atoms with E-state index in [1.165, 1.54) is 6.92 Å². The molecule has 0 radical (unpaired) electrons. The van der Waals surface area contributed by atoms with Crippen molar-refractivity contribution in [1.82, 2.24) is 20.3 Å². The van der Waals surface area contributed by atoms with Gasteiger partial charge in [0.15, 0.2) is 0 Å². The van der Waals surface area contributed by atoms with Crippen molar-refractivity contribution in [3.05, 3.63) is 64.6 Å². The molecule has 1 amide bonds. The van der Waals surface area contributed by atoms with Gasteiger partial charge in [-0.15, -0.1) is 0 Å². The molecular weight excluding hydrogens is 558 g/mol. The highest BCUT2D eigenvalue weighted by atomic mass is 35.5. The van der Waals surface area contributed by atoms with E-state index in [2.05, 4.69) is 20.6 Å². The molecule has 226 valence electrons. The number of anilines is 1. The lowest BCUT2D eigenvalue weighted by Gasteiger charge is -2.21. The Morgan fingerprint density at radius 3 is 2.48 bits per heavy atom. The number of benzene rings is 1. The SMILES string of the molecule is CCC(C(=O)OC[C@@H](CC)Nc1ncc(C)c(-c2c[nH]c(C(=O)N[C@H](COC(C)=O)c3cccc(Cl)c3)c2)n1)C(C)C. The summed E-state index contributed by atoms with van der Waals surface area (Å²) in [5.41, 5.74) is 3.18. The van der Waals surface area contributed by atoms with Crippen molar-refractivity contribution in [3.63, 3.8) is 0 Å². The number of nitrogens with zero attached hydrogens (tertiary/aromatic N) is 2. The van der Waals surface area contributed by atoms with Crippen LogP contribution >= 0.6 is 11.6 Å². The Hall–Kier alpha value is -3.92. The number of carbonyl (C=O) groups is 3. The van der Waals surface area contributed by atoms with Gasteiger partial charge in [-0.05, 0) is 55.0 Å². The molecule has 0 aliphatic carbocycles. The fourth-order valence-corrected chi connectivity index (χ4v) is 4.69. The molecule has 10 nitrogen and oxygen atoms in total. The molecule has 0 saturated heterocycles. The fourth-order valence-electron chi connectivity index (χ4n) is 4.49. The molecule has 0 aliphatic rings. The number of ether oxygens (including phenoxy) is 2. The number of esters is 2. The van der Waals surface area contributed by atoms with Crippen molar-refractivity contribution in [3.8, 4) is 11.3 Å². The zero-order valence-corrected chi connectivity index (χ0v) is 25.7. The van der Waals surface area contributed by atoms with E-state index in [1.807, 2.05) is 34.6 Å². The van der Waals surface area contributed by atoms with Crippen LogP contribution in [0.25, 0.3) is 11.3 Å². The molecule has 11 heteroatoms. The third-order valence-corrected chi connectivity index (χ3v) is 7.22. The van der Waals surface area contributed by atoms with Gasteiger partial charge in [0.2, 0.25) is 5.95 Å². The predicted molar refractivity (Wildman–Crippen MR) is 162 cm³/mol. The molecule has 1 aromatic carbocycles. The third-order valence-electron chi connectivity index (χ3n) is 6.98. The van der Waals surface area contributed by atoms with Gasteiger partial charge in [0.05, 0.1) is 23.7 Å². The normalized spacial score (nSPS) is 13.2. The van der Waals surface area contributed by atoms with Gasteiger partial charge in [0, 0.05) is 29.9 Å². The third kappa shape index (κ3) is 9.04. The maximum atomic E-state index is 13.2. The number of aromatic nitrogens is 3. The summed E-state index contributed by atoms with van der Waals surface area (Å²) in [5, 5.41) is 6.68. The Labute approximate surface area is 252 Å². The van der Waals surface area contributed by atoms with E-state index in [9.17, 15) is 14.4 Å². The molecule has 1 unspecified atom stereocenters. The maximum absolute atomic E-state index is 13.2. The van der Waals surface area contributed by atoms with Crippen molar-refractivity contribution in [2.24, 2.45) is 11.8 Å². The molecule has 2 aromatic heterocycles. The average Bonchev–Trinajstić information content (AvgIpc) is 3.44. The van der Waals surface area contributed by atoms with Crippen LogP contribution in [-0.4, -0.2) is 52.1 Å². The van der Waals surface area contributed by atoms with Crippen molar-refractivity contribution < 1.29 is 23.9 Å². The van der Waals surface area contributed by atoms with Crippen LogP contribution in [0.1, 0.15) is 75.1 Å². The maximum Gasteiger partial charge on any atom is 0.309 e. The number of hydrogen-bond acceptors (Lipinski definition) is 8. The highest BCUT2D eigenvalue weighted by Crippen LogP contribution is 2.24. The summed E-state index contributed by atoms with van der Waals surface area (Å²) in [4.78, 5) is 49.2. The van der Waals surface area contributed by atoms with Gasteiger partial charge in [-0.25, -0.2) is 9.97 Å². The molecule has 0 saturated carbocycles. The summed E-state index contributed by atoms with van der Waals surface area (Å²) < 4.78 is 10.8. The topological polar surface area (TPSA) is 135 Å². The number of hydrogen-bond donors (Lipinski definition) is 3. The second kappa shape index (κ2) is 15.3. The number of aryl methyl sites for hydroxylation is 1. The lowest BCUT2D eigenvalue weighted by Crippen LogP contribution is -2.32. The molecule has 3 atom stereocenters. The number of aromatic amines is 1. The van der Waals surface area contributed by atoms with E-state index in [0.29, 0.717) is 39.9 Å². The number of H-pyrrole nitrogens is 1. The fraction of sp³-hybridized carbons (Fsp3) is 0.452. The summed E-state index contributed by atoms with van der Waals surface area (Å²) in [5.74, 6) is -0.559. The van der Waals surface area contributed by atoms with Crippen LogP contribution in [0.5, 0.6) is 0 Å². The molecule has 3 N–H and O–H groups in total. The number of nitrogens with one attached hydrogen (secondary N) is 3. The van der Waals surface area contributed by atoms with Crippen LogP contribution in [-0.2, 0) is 19.1 Å². The van der Waals surface area contributed by atoms with Crippen LogP contribution in [0.2, 0.25) is 5.02 Å². The van der Waals surface area contributed by atoms with Gasteiger partial charge in [-0.1, -0.05) is 51.4 Å². The summed E-state index contributed by atoms with van der Waals surface area (Å²) in [6.45, 7) is 11.4. The van der Waals surface area contributed by atoms with Crippen molar-refractivity contribution in [1.29, 1.82) is 0 Å². The van der Waals surface area contributed by atoms with Crippen molar-refractivity contribution in [2.45, 2.75) is 66.5 Å². The minimum atomic E-state index is -0.600. The summed E-state index contributed by atoms with van der Waals surface area (Å²) in [6, 6.07) is 7.94. The Balaban J connectivity index is 1.72. The van der Waals surface area contributed by atoms with Crippen LogP contribution < -0.4 is 10.6 Å². The minimum Gasteiger partial charge on any atom is -0.463 e. The molecule has 3 aromatic rings. The Morgan fingerprint density at radius 2 is 1.83 bits per heavy atom. The monoisotopic (exact) mass is 597 g/mol. The van der Waals surface area contributed by atoms with E-state index in [0.717, 1.165) is 12.0 Å². The number of rotatable bonds is 14. The molecule has 42 heavy (non-hydrogen) atoms. The molecule has 2 heterocycles. The van der Waals surface area contributed by atoms with Crippen molar-refractivity contribution >= 4 is 35.4 Å². The Kier molecular flexibility index (Phi) is 11.9. The summed E-state index contributed by atoms with van der Waals surface area (Å²) in [6.07, 6.45) is 4.84. The van der Waals surface area contributed by atoms with Gasteiger partial charge >= 0.3 is 11.9 Å². The number of amides is 1. The largest absolute Gasteiger partial charge is 0.463 e. The summed E-state index contributed by atoms with van der Waals surface area (Å²) in [7, 11) is 0. The highest BCUT2D eigenvalue weighted by molar-refractivity contribution is 6.30. The second-order valence-corrected chi connectivity index (χ2v) is 11.0. The van der Waals surface area contributed by atoms with Gasteiger partial charge in [-0.3, -0.25) is 14.4 Å². The molecule has 0 fully saturated rings. The molecular formula is C31H40ClN5O5. The first-order valence-corrected chi connectivity index (χ1v) is 14.5.